The third-order valence-electron chi connectivity index (χ3n) is 4.34. The molecule has 18 heavy (non-hydrogen) atoms. The molecule has 3 nitrogen and oxygen atoms in total. The third-order valence-corrected chi connectivity index (χ3v) is 4.34. The summed E-state index contributed by atoms with van der Waals surface area (Å²) in [6, 6.07) is 0. The van der Waals surface area contributed by atoms with E-state index < -0.39 is 0 Å². The first-order valence-electron chi connectivity index (χ1n) is 7.30. The van der Waals surface area contributed by atoms with Crippen LogP contribution in [0.1, 0.15) is 52.4 Å². The lowest BCUT2D eigenvalue weighted by Crippen LogP contribution is -2.40. The minimum absolute atomic E-state index is 0. The lowest BCUT2D eigenvalue weighted by atomic mass is 9.67. The van der Waals surface area contributed by atoms with E-state index in [2.05, 4.69) is 24.5 Å². The lowest BCUT2D eigenvalue weighted by molar-refractivity contribution is 0.139. The van der Waals surface area contributed by atoms with E-state index in [9.17, 15) is 0 Å². The van der Waals surface area contributed by atoms with Crippen molar-refractivity contribution in [2.75, 3.05) is 19.6 Å². The van der Waals surface area contributed by atoms with E-state index in [1.807, 2.05) is 0 Å². The van der Waals surface area contributed by atoms with Gasteiger partial charge in [-0.3, -0.25) is 4.99 Å². The maximum absolute atomic E-state index is 4.77. The summed E-state index contributed by atoms with van der Waals surface area (Å²) >= 11 is 0. The molecule has 0 amide bonds. The van der Waals surface area contributed by atoms with Crippen LogP contribution in [0, 0.1) is 11.3 Å². The van der Waals surface area contributed by atoms with Gasteiger partial charge >= 0.3 is 0 Å². The lowest BCUT2D eigenvalue weighted by Gasteiger charge is -2.40. The van der Waals surface area contributed by atoms with E-state index >= 15 is 0 Å². The molecule has 106 valence electrons. The van der Waals surface area contributed by atoms with Crippen molar-refractivity contribution in [1.82, 2.24) is 10.6 Å². The Morgan fingerprint density at radius 3 is 2.39 bits per heavy atom. The molecule has 0 atom stereocenters. The van der Waals surface area contributed by atoms with E-state index in [1.54, 1.807) is 0 Å². The standard InChI is InChI=1S/C14H27N3.HI/c1-3-14(8-5-9-14)11-17-13(15-4-2)16-10-12-6-7-12;/h12H,3-11H2,1-2H3,(H2,15,16,17);1H. The van der Waals surface area contributed by atoms with Gasteiger partial charge in [0.1, 0.15) is 0 Å². The van der Waals surface area contributed by atoms with Gasteiger partial charge in [0.05, 0.1) is 0 Å². The molecule has 4 heteroatoms. The number of nitrogens with one attached hydrogen (secondary N) is 2. The van der Waals surface area contributed by atoms with Gasteiger partial charge < -0.3 is 10.6 Å². The van der Waals surface area contributed by atoms with E-state index in [0.29, 0.717) is 5.41 Å². The first kappa shape index (κ1) is 16.1. The quantitative estimate of drug-likeness (QED) is 0.431. The van der Waals surface area contributed by atoms with Crippen LogP contribution in [0.5, 0.6) is 0 Å². The van der Waals surface area contributed by atoms with Gasteiger partial charge in [-0.05, 0) is 50.4 Å². The molecule has 0 heterocycles. The van der Waals surface area contributed by atoms with Crippen LogP contribution in [0.3, 0.4) is 0 Å². The fraction of sp³-hybridized carbons (Fsp3) is 0.929. The number of halogens is 1. The van der Waals surface area contributed by atoms with Crippen molar-refractivity contribution >= 4 is 29.9 Å². The zero-order valence-corrected chi connectivity index (χ0v) is 14.1. The molecular weight excluding hydrogens is 337 g/mol. The Morgan fingerprint density at radius 2 is 1.94 bits per heavy atom. The Balaban J connectivity index is 0.00000162. The zero-order chi connectivity index (χ0) is 12.1. The van der Waals surface area contributed by atoms with Crippen molar-refractivity contribution in [2.45, 2.75) is 52.4 Å². The average Bonchev–Trinajstić information content (AvgIpc) is 3.08. The number of guanidine groups is 1. The van der Waals surface area contributed by atoms with E-state index in [4.69, 9.17) is 4.99 Å². The van der Waals surface area contributed by atoms with Crippen molar-refractivity contribution in [3.05, 3.63) is 0 Å². The highest BCUT2D eigenvalue weighted by Crippen LogP contribution is 2.43. The summed E-state index contributed by atoms with van der Waals surface area (Å²) < 4.78 is 0. The summed E-state index contributed by atoms with van der Waals surface area (Å²) in [5, 5.41) is 6.82. The van der Waals surface area contributed by atoms with Crippen molar-refractivity contribution in [3.8, 4) is 0 Å². The zero-order valence-electron chi connectivity index (χ0n) is 11.8. The second-order valence-corrected chi connectivity index (χ2v) is 5.73. The highest BCUT2D eigenvalue weighted by Gasteiger charge is 2.34. The molecule has 0 unspecified atom stereocenters. The number of hydrogen-bond donors (Lipinski definition) is 2. The molecular formula is C14H28IN3. The molecule has 0 aromatic rings. The van der Waals surface area contributed by atoms with Crippen LogP contribution in [0.15, 0.2) is 4.99 Å². The predicted octanol–water partition coefficient (Wildman–Crippen LogP) is 3.15. The third kappa shape index (κ3) is 4.59. The number of hydrogen-bond acceptors (Lipinski definition) is 1. The molecule has 2 saturated carbocycles. The van der Waals surface area contributed by atoms with Crippen LogP contribution < -0.4 is 10.6 Å². The van der Waals surface area contributed by atoms with Gasteiger partial charge in [0.2, 0.25) is 0 Å². The van der Waals surface area contributed by atoms with E-state index in [1.165, 1.54) is 38.5 Å². The first-order chi connectivity index (χ1) is 8.28. The predicted molar refractivity (Wildman–Crippen MR) is 88.7 cm³/mol. The number of nitrogens with zero attached hydrogens (tertiary/aromatic N) is 1. The van der Waals surface area contributed by atoms with Crippen LogP contribution in [0.4, 0.5) is 0 Å². The minimum Gasteiger partial charge on any atom is -0.357 e. The van der Waals surface area contributed by atoms with Crippen LogP contribution in [0.25, 0.3) is 0 Å². The van der Waals surface area contributed by atoms with Gasteiger partial charge in [-0.15, -0.1) is 24.0 Å². The van der Waals surface area contributed by atoms with Crippen molar-refractivity contribution in [2.24, 2.45) is 16.3 Å². The summed E-state index contributed by atoms with van der Waals surface area (Å²) in [5.41, 5.74) is 0.530. The minimum atomic E-state index is 0. The maximum atomic E-state index is 4.77. The molecule has 2 aliphatic rings. The van der Waals surface area contributed by atoms with Gasteiger partial charge in [0.25, 0.3) is 0 Å². The Morgan fingerprint density at radius 1 is 1.22 bits per heavy atom. The Bertz CT molecular complexity index is 265. The molecule has 0 radical (unpaired) electrons. The van der Waals surface area contributed by atoms with Crippen molar-refractivity contribution in [1.29, 1.82) is 0 Å². The molecule has 2 fully saturated rings. The normalized spacial score (nSPS) is 21.8. The fourth-order valence-electron chi connectivity index (χ4n) is 2.45. The van der Waals surface area contributed by atoms with Gasteiger partial charge in [0.15, 0.2) is 5.96 Å². The fourth-order valence-corrected chi connectivity index (χ4v) is 2.45. The molecule has 2 rings (SSSR count). The molecule has 2 N–H and O–H groups in total. The topological polar surface area (TPSA) is 36.4 Å². The van der Waals surface area contributed by atoms with Crippen molar-refractivity contribution < 1.29 is 0 Å². The van der Waals surface area contributed by atoms with E-state index in [-0.39, 0.29) is 24.0 Å². The molecule has 2 aliphatic carbocycles. The second kappa shape index (κ2) is 7.56. The van der Waals surface area contributed by atoms with E-state index in [0.717, 1.165) is 31.5 Å². The van der Waals surface area contributed by atoms with Crippen LogP contribution in [-0.4, -0.2) is 25.6 Å². The van der Waals surface area contributed by atoms with Gasteiger partial charge in [-0.2, -0.15) is 0 Å². The van der Waals surface area contributed by atoms with Gasteiger partial charge in [-0.25, -0.2) is 0 Å². The van der Waals surface area contributed by atoms with Crippen LogP contribution in [0.2, 0.25) is 0 Å². The molecule has 0 spiro atoms. The highest BCUT2D eigenvalue weighted by atomic mass is 127. The van der Waals surface area contributed by atoms with Crippen molar-refractivity contribution in [3.63, 3.8) is 0 Å². The summed E-state index contributed by atoms with van der Waals surface area (Å²) in [4.78, 5) is 4.77. The molecule has 0 aromatic heterocycles. The summed E-state index contributed by atoms with van der Waals surface area (Å²) in [6.07, 6.45) is 8.20. The molecule has 0 bridgehead atoms. The Kier molecular flexibility index (Phi) is 6.74. The largest absolute Gasteiger partial charge is 0.357 e. The summed E-state index contributed by atoms with van der Waals surface area (Å²) in [5.74, 6) is 1.93. The maximum Gasteiger partial charge on any atom is 0.191 e. The van der Waals surface area contributed by atoms with Crippen LogP contribution >= 0.6 is 24.0 Å². The van der Waals surface area contributed by atoms with Gasteiger partial charge in [-0.1, -0.05) is 13.3 Å². The second-order valence-electron chi connectivity index (χ2n) is 5.73. The van der Waals surface area contributed by atoms with Gasteiger partial charge in [0, 0.05) is 19.6 Å². The summed E-state index contributed by atoms with van der Waals surface area (Å²) in [6.45, 7) is 7.50. The number of rotatable bonds is 6. The van der Waals surface area contributed by atoms with Crippen LogP contribution in [-0.2, 0) is 0 Å². The highest BCUT2D eigenvalue weighted by molar-refractivity contribution is 14.0. The molecule has 0 aliphatic heterocycles. The smallest absolute Gasteiger partial charge is 0.191 e. The molecule has 0 aromatic carbocycles. The Hall–Kier alpha value is 0. The monoisotopic (exact) mass is 365 g/mol. The number of aliphatic imine (C=N–C) groups is 1. The average molecular weight is 365 g/mol. The summed E-state index contributed by atoms with van der Waals surface area (Å²) in [7, 11) is 0. The SMILES string of the molecule is CCNC(=NCC1(CC)CCC1)NCC1CC1.I. The first-order valence-corrected chi connectivity index (χ1v) is 7.30. The Labute approximate surface area is 129 Å². The molecule has 0 saturated heterocycles.